The van der Waals surface area contributed by atoms with Crippen molar-refractivity contribution >= 4 is 34.8 Å². The summed E-state index contributed by atoms with van der Waals surface area (Å²) in [5.41, 5.74) is 0.262. The van der Waals surface area contributed by atoms with Gasteiger partial charge in [-0.1, -0.05) is 38.1 Å². The van der Waals surface area contributed by atoms with Crippen LogP contribution in [0.2, 0.25) is 0 Å². The van der Waals surface area contributed by atoms with Gasteiger partial charge >= 0.3 is 0 Å². The van der Waals surface area contributed by atoms with E-state index in [2.05, 4.69) is 10.6 Å². The lowest BCUT2D eigenvalue weighted by Gasteiger charge is -2.16. The molecule has 2 aromatic carbocycles. The third-order valence-corrected chi connectivity index (χ3v) is 3.63. The van der Waals surface area contributed by atoms with Gasteiger partial charge in [0.05, 0.1) is 5.69 Å². The zero-order valence-corrected chi connectivity index (χ0v) is 15.1. The van der Waals surface area contributed by atoms with Crippen molar-refractivity contribution in [2.24, 2.45) is 0 Å². The molecule has 0 atom stereocenters. The number of Topliss-reactive ketones (excluding diaryl/α,β-unsaturated/α-hetero) is 2. The van der Waals surface area contributed by atoms with E-state index in [-0.39, 0.29) is 30.0 Å². The topological polar surface area (TPSA) is 102 Å². The van der Waals surface area contributed by atoms with E-state index in [0.717, 1.165) is 0 Å². The normalized spacial score (nSPS) is 10.0. The zero-order valence-electron chi connectivity index (χ0n) is 15.1. The van der Waals surface area contributed by atoms with Crippen molar-refractivity contribution in [2.45, 2.75) is 26.7 Å². The maximum atomic E-state index is 12.1. The molecule has 0 aliphatic heterocycles. The molecule has 2 aromatic rings. The number of rotatable bonds is 8. The van der Waals surface area contributed by atoms with Crippen LogP contribution >= 0.6 is 0 Å². The van der Waals surface area contributed by atoms with Gasteiger partial charge in [0, 0.05) is 12.8 Å². The number of nitrogens with one attached hydrogen (secondary N) is 2. The first-order valence-electron chi connectivity index (χ1n) is 8.50. The summed E-state index contributed by atoms with van der Waals surface area (Å²) in [6.45, 7) is 3.14. The molecule has 0 bridgehead atoms. The van der Waals surface area contributed by atoms with E-state index in [9.17, 15) is 19.2 Å². The van der Waals surface area contributed by atoms with Crippen LogP contribution in [0, 0.1) is 0 Å². The highest BCUT2D eigenvalue weighted by Crippen LogP contribution is 2.36. The van der Waals surface area contributed by atoms with E-state index in [4.69, 9.17) is 4.74 Å². The average Bonchev–Trinajstić information content (AvgIpc) is 2.69. The summed E-state index contributed by atoms with van der Waals surface area (Å²) in [6.07, 6.45) is 0.0750. The van der Waals surface area contributed by atoms with Gasteiger partial charge in [0.2, 0.25) is 11.6 Å². The molecule has 0 aliphatic rings. The number of ketones is 2. The second-order valence-corrected chi connectivity index (χ2v) is 5.56. The molecule has 7 heteroatoms. The maximum absolute atomic E-state index is 12.1. The Morgan fingerprint density at radius 3 is 1.96 bits per heavy atom. The fourth-order valence-electron chi connectivity index (χ4n) is 2.16. The van der Waals surface area contributed by atoms with Crippen molar-refractivity contribution in [2.75, 3.05) is 10.6 Å². The SMILES string of the molecule is CCC(=O)C(=O)Nc1cccc(Oc2ccccc2)c1NC(=O)C(=O)CC. The van der Waals surface area contributed by atoms with Gasteiger partial charge in [0.25, 0.3) is 11.8 Å². The number of carbonyl (C=O) groups excluding carboxylic acids is 4. The Hall–Kier alpha value is -3.48. The highest BCUT2D eigenvalue weighted by atomic mass is 16.5. The lowest BCUT2D eigenvalue weighted by molar-refractivity contribution is -0.134. The van der Waals surface area contributed by atoms with Crippen molar-refractivity contribution in [3.63, 3.8) is 0 Å². The number of amides is 2. The number of benzene rings is 2. The molecule has 0 unspecified atom stereocenters. The molecule has 0 heterocycles. The first kappa shape index (κ1) is 19.8. The lowest BCUT2D eigenvalue weighted by atomic mass is 10.2. The van der Waals surface area contributed by atoms with Crippen molar-refractivity contribution in [3.8, 4) is 11.5 Å². The van der Waals surface area contributed by atoms with Crippen molar-refractivity contribution in [3.05, 3.63) is 48.5 Å². The minimum Gasteiger partial charge on any atom is -0.455 e. The van der Waals surface area contributed by atoms with Crippen LogP contribution in [0.1, 0.15) is 26.7 Å². The minimum absolute atomic E-state index is 0.0313. The summed E-state index contributed by atoms with van der Waals surface area (Å²) < 4.78 is 5.77. The van der Waals surface area contributed by atoms with Crippen LogP contribution in [0.25, 0.3) is 0 Å². The fourth-order valence-corrected chi connectivity index (χ4v) is 2.16. The minimum atomic E-state index is -0.834. The van der Waals surface area contributed by atoms with E-state index >= 15 is 0 Å². The summed E-state index contributed by atoms with van der Waals surface area (Å²) in [5.74, 6) is -2.15. The number of hydrogen-bond donors (Lipinski definition) is 2. The molecule has 140 valence electrons. The average molecular weight is 368 g/mol. The van der Waals surface area contributed by atoms with E-state index in [1.54, 1.807) is 50.2 Å². The van der Waals surface area contributed by atoms with Crippen LogP contribution in [-0.4, -0.2) is 23.4 Å². The molecule has 0 aliphatic carbocycles. The van der Waals surface area contributed by atoms with Crippen LogP contribution < -0.4 is 15.4 Å². The molecule has 0 saturated carbocycles. The highest BCUT2D eigenvalue weighted by molar-refractivity contribution is 6.42. The molecular weight excluding hydrogens is 348 g/mol. The summed E-state index contributed by atoms with van der Waals surface area (Å²) in [7, 11) is 0. The van der Waals surface area contributed by atoms with Crippen molar-refractivity contribution < 1.29 is 23.9 Å². The fraction of sp³-hybridized carbons (Fsp3) is 0.200. The van der Waals surface area contributed by atoms with Crippen LogP contribution in [0.4, 0.5) is 11.4 Å². The van der Waals surface area contributed by atoms with Crippen LogP contribution in [0.3, 0.4) is 0 Å². The van der Waals surface area contributed by atoms with Gasteiger partial charge in [0.15, 0.2) is 5.75 Å². The molecule has 0 saturated heterocycles. The lowest BCUT2D eigenvalue weighted by Crippen LogP contribution is -2.25. The first-order chi connectivity index (χ1) is 13.0. The van der Waals surface area contributed by atoms with Gasteiger partial charge in [-0.3, -0.25) is 19.2 Å². The van der Waals surface area contributed by atoms with Gasteiger partial charge in [-0.25, -0.2) is 0 Å². The molecule has 0 fully saturated rings. The number of anilines is 2. The van der Waals surface area contributed by atoms with Crippen LogP contribution in [-0.2, 0) is 19.2 Å². The van der Waals surface area contributed by atoms with Gasteiger partial charge in [-0.15, -0.1) is 0 Å². The molecule has 0 aromatic heterocycles. The zero-order chi connectivity index (χ0) is 19.8. The summed E-state index contributed by atoms with van der Waals surface area (Å²) in [5, 5.41) is 4.93. The van der Waals surface area contributed by atoms with Crippen molar-refractivity contribution in [1.82, 2.24) is 0 Å². The summed E-state index contributed by atoms with van der Waals surface area (Å²) in [6, 6.07) is 13.5. The number of carbonyl (C=O) groups is 4. The first-order valence-corrected chi connectivity index (χ1v) is 8.50. The Bertz CT molecular complexity index is 862. The van der Waals surface area contributed by atoms with Gasteiger partial charge < -0.3 is 15.4 Å². The van der Waals surface area contributed by atoms with Gasteiger partial charge in [-0.05, 0) is 24.3 Å². The van der Waals surface area contributed by atoms with E-state index in [1.165, 1.54) is 6.07 Å². The molecule has 7 nitrogen and oxygen atoms in total. The van der Waals surface area contributed by atoms with Gasteiger partial charge in [-0.2, -0.15) is 0 Å². The third kappa shape index (κ3) is 5.24. The molecule has 2 rings (SSSR count). The van der Waals surface area contributed by atoms with Crippen LogP contribution in [0.15, 0.2) is 48.5 Å². The quantitative estimate of drug-likeness (QED) is 0.696. The summed E-state index contributed by atoms with van der Waals surface area (Å²) >= 11 is 0. The highest BCUT2D eigenvalue weighted by Gasteiger charge is 2.20. The Balaban J connectivity index is 2.41. The molecular formula is C20H20N2O5. The predicted octanol–water partition coefficient (Wildman–Crippen LogP) is 3.31. The Labute approximate surface area is 156 Å². The molecule has 0 radical (unpaired) electrons. The molecule has 0 spiro atoms. The Kier molecular flexibility index (Phi) is 6.82. The number of ether oxygens (including phenoxy) is 1. The van der Waals surface area contributed by atoms with Gasteiger partial charge in [0.1, 0.15) is 11.4 Å². The number of hydrogen-bond acceptors (Lipinski definition) is 5. The number of para-hydroxylation sites is 2. The molecule has 2 N–H and O–H groups in total. The second-order valence-electron chi connectivity index (χ2n) is 5.56. The van der Waals surface area contributed by atoms with Crippen LogP contribution in [0.5, 0.6) is 11.5 Å². The third-order valence-electron chi connectivity index (χ3n) is 3.63. The van der Waals surface area contributed by atoms with E-state index in [1.807, 2.05) is 6.07 Å². The van der Waals surface area contributed by atoms with E-state index in [0.29, 0.717) is 5.75 Å². The largest absolute Gasteiger partial charge is 0.455 e. The monoisotopic (exact) mass is 368 g/mol. The standard InChI is InChI=1S/C20H20N2O5/c1-3-15(23)19(25)21-14-11-8-12-17(27-13-9-6-5-7-10-13)18(14)22-20(26)16(24)4-2/h5-12H,3-4H2,1-2H3,(H,21,25)(H,22,26). The Morgan fingerprint density at radius 1 is 0.778 bits per heavy atom. The van der Waals surface area contributed by atoms with Crippen molar-refractivity contribution in [1.29, 1.82) is 0 Å². The van der Waals surface area contributed by atoms with E-state index < -0.39 is 23.4 Å². The maximum Gasteiger partial charge on any atom is 0.291 e. The molecule has 2 amide bonds. The Morgan fingerprint density at radius 2 is 1.37 bits per heavy atom. The predicted molar refractivity (Wildman–Crippen MR) is 101 cm³/mol. The summed E-state index contributed by atoms with van der Waals surface area (Å²) in [4.78, 5) is 47.3. The second kappa shape index (κ2) is 9.28. The smallest absolute Gasteiger partial charge is 0.291 e. The molecule has 27 heavy (non-hydrogen) atoms.